The van der Waals surface area contributed by atoms with Gasteiger partial charge in [-0.25, -0.2) is 0 Å². The Bertz CT molecular complexity index is 632. The van der Waals surface area contributed by atoms with Gasteiger partial charge in [0.25, 0.3) is 0 Å². The zero-order valence-electron chi connectivity index (χ0n) is 14.0. The minimum atomic E-state index is -0.958. The van der Waals surface area contributed by atoms with Crippen molar-refractivity contribution in [1.82, 2.24) is 5.32 Å². The Morgan fingerprint density at radius 3 is 2.46 bits per heavy atom. The number of carboxylic acid groups (broad SMARTS) is 1. The maximum Gasteiger partial charge on any atom is 0.308 e. The van der Waals surface area contributed by atoms with Crippen molar-refractivity contribution in [1.29, 1.82) is 0 Å². The lowest BCUT2D eigenvalue weighted by molar-refractivity contribution is -0.142. The van der Waals surface area contributed by atoms with E-state index in [2.05, 4.69) is 5.32 Å². The van der Waals surface area contributed by atoms with E-state index < -0.39 is 23.8 Å². The quantitative estimate of drug-likeness (QED) is 0.766. The highest BCUT2D eigenvalue weighted by molar-refractivity contribution is 7.98. The fourth-order valence-electron chi connectivity index (χ4n) is 2.58. The van der Waals surface area contributed by atoms with Gasteiger partial charge in [-0.3, -0.25) is 14.4 Å². The average molecular weight is 350 g/mol. The van der Waals surface area contributed by atoms with Gasteiger partial charge in [0.15, 0.2) is 0 Å². The van der Waals surface area contributed by atoms with Crippen LogP contribution >= 0.6 is 11.8 Å². The molecule has 3 unspecified atom stereocenters. The van der Waals surface area contributed by atoms with E-state index in [1.165, 1.54) is 0 Å². The van der Waals surface area contributed by atoms with Gasteiger partial charge in [-0.1, -0.05) is 0 Å². The van der Waals surface area contributed by atoms with Gasteiger partial charge in [0.05, 0.1) is 11.8 Å². The van der Waals surface area contributed by atoms with Crippen LogP contribution in [0.25, 0.3) is 0 Å². The highest BCUT2D eigenvalue weighted by Crippen LogP contribution is 2.27. The molecule has 1 fully saturated rings. The SMILES string of the molecule is CSc1ccc(N2CC(C(=O)NC(C)C(C)C(=O)O)CC2=O)cc1. The predicted molar refractivity (Wildman–Crippen MR) is 93.1 cm³/mol. The third-order valence-corrected chi connectivity index (χ3v) is 5.13. The smallest absolute Gasteiger partial charge is 0.308 e. The Balaban J connectivity index is 2.00. The second-order valence-corrected chi connectivity index (χ2v) is 6.91. The molecule has 0 saturated carbocycles. The van der Waals surface area contributed by atoms with Crippen LogP contribution in [0.2, 0.25) is 0 Å². The van der Waals surface area contributed by atoms with Crippen LogP contribution in [0.3, 0.4) is 0 Å². The Kier molecular flexibility index (Phi) is 5.88. The standard InChI is InChI=1S/C17H22N2O4S/c1-10(17(22)23)11(2)18-16(21)12-8-15(20)19(9-12)13-4-6-14(24-3)7-5-13/h4-7,10-12H,8-9H2,1-3H3,(H,18,21)(H,22,23). The minimum Gasteiger partial charge on any atom is -0.481 e. The summed E-state index contributed by atoms with van der Waals surface area (Å²) in [6, 6.07) is 7.15. The van der Waals surface area contributed by atoms with Crippen LogP contribution in [0, 0.1) is 11.8 Å². The molecule has 0 radical (unpaired) electrons. The molecule has 0 spiro atoms. The number of carbonyl (C=O) groups excluding carboxylic acids is 2. The Hall–Kier alpha value is -2.02. The summed E-state index contributed by atoms with van der Waals surface area (Å²) >= 11 is 1.62. The van der Waals surface area contributed by atoms with Crippen molar-refractivity contribution in [2.75, 3.05) is 17.7 Å². The van der Waals surface area contributed by atoms with Crippen LogP contribution in [0.5, 0.6) is 0 Å². The highest BCUT2D eigenvalue weighted by atomic mass is 32.2. The number of aliphatic carboxylic acids is 1. The molecule has 1 aromatic rings. The summed E-state index contributed by atoms with van der Waals surface area (Å²) in [6.07, 6.45) is 2.12. The molecule has 3 atom stereocenters. The number of nitrogens with one attached hydrogen (secondary N) is 1. The number of benzene rings is 1. The molecular weight excluding hydrogens is 328 g/mol. The van der Waals surface area contributed by atoms with Crippen molar-refractivity contribution < 1.29 is 19.5 Å². The number of nitrogens with zero attached hydrogens (tertiary/aromatic N) is 1. The van der Waals surface area contributed by atoms with E-state index in [0.29, 0.717) is 6.54 Å². The molecule has 2 rings (SSSR count). The maximum atomic E-state index is 12.3. The first-order valence-electron chi connectivity index (χ1n) is 7.81. The first kappa shape index (κ1) is 18.3. The summed E-state index contributed by atoms with van der Waals surface area (Å²) in [6.45, 7) is 3.52. The number of carboxylic acids is 1. The fourth-order valence-corrected chi connectivity index (χ4v) is 2.98. The molecule has 1 saturated heterocycles. The number of thioether (sulfide) groups is 1. The first-order valence-corrected chi connectivity index (χ1v) is 9.03. The van der Waals surface area contributed by atoms with Crippen molar-refractivity contribution >= 4 is 35.2 Å². The lowest BCUT2D eigenvalue weighted by Crippen LogP contribution is -2.43. The number of anilines is 1. The number of carbonyl (C=O) groups is 3. The van der Waals surface area contributed by atoms with Gasteiger partial charge in [0.2, 0.25) is 11.8 Å². The van der Waals surface area contributed by atoms with Crippen molar-refractivity contribution in [2.24, 2.45) is 11.8 Å². The molecule has 2 amide bonds. The van der Waals surface area contributed by atoms with E-state index in [0.717, 1.165) is 10.6 Å². The van der Waals surface area contributed by atoms with Gasteiger partial charge < -0.3 is 15.3 Å². The molecular formula is C17H22N2O4S. The van der Waals surface area contributed by atoms with E-state index in [1.54, 1.807) is 30.5 Å². The molecule has 1 aromatic carbocycles. The van der Waals surface area contributed by atoms with Crippen LogP contribution in [0.15, 0.2) is 29.2 Å². The third kappa shape index (κ3) is 4.08. The minimum absolute atomic E-state index is 0.0917. The van der Waals surface area contributed by atoms with Gasteiger partial charge in [0, 0.05) is 29.6 Å². The normalized spacial score (nSPS) is 19.9. The summed E-state index contributed by atoms with van der Waals surface area (Å²) < 4.78 is 0. The van der Waals surface area contributed by atoms with Gasteiger partial charge in [-0.2, -0.15) is 0 Å². The zero-order chi connectivity index (χ0) is 17.9. The molecule has 7 heteroatoms. The number of rotatable bonds is 6. The molecule has 130 valence electrons. The Morgan fingerprint density at radius 2 is 1.92 bits per heavy atom. The highest BCUT2D eigenvalue weighted by Gasteiger charge is 2.36. The summed E-state index contributed by atoms with van der Waals surface area (Å²) in [5.41, 5.74) is 0.778. The molecule has 1 heterocycles. The molecule has 24 heavy (non-hydrogen) atoms. The number of amides is 2. The van der Waals surface area contributed by atoms with E-state index >= 15 is 0 Å². The van der Waals surface area contributed by atoms with Crippen molar-refractivity contribution in [3.05, 3.63) is 24.3 Å². The average Bonchev–Trinajstić information content (AvgIpc) is 2.96. The van der Waals surface area contributed by atoms with Gasteiger partial charge in [-0.05, 0) is 44.4 Å². The molecule has 1 aliphatic heterocycles. The van der Waals surface area contributed by atoms with Crippen LogP contribution in [-0.4, -0.2) is 41.7 Å². The lowest BCUT2D eigenvalue weighted by Gasteiger charge is -2.20. The van der Waals surface area contributed by atoms with Crippen LogP contribution in [-0.2, 0) is 14.4 Å². The molecule has 0 bridgehead atoms. The van der Waals surface area contributed by atoms with Gasteiger partial charge in [-0.15, -0.1) is 11.8 Å². The maximum absolute atomic E-state index is 12.3. The van der Waals surface area contributed by atoms with Gasteiger partial charge >= 0.3 is 5.97 Å². The van der Waals surface area contributed by atoms with E-state index in [-0.39, 0.29) is 18.2 Å². The van der Waals surface area contributed by atoms with Crippen LogP contribution in [0.1, 0.15) is 20.3 Å². The molecule has 6 nitrogen and oxygen atoms in total. The van der Waals surface area contributed by atoms with Gasteiger partial charge in [0.1, 0.15) is 0 Å². The van der Waals surface area contributed by atoms with Crippen LogP contribution < -0.4 is 10.2 Å². The number of hydrogen-bond acceptors (Lipinski definition) is 4. The molecule has 0 aromatic heterocycles. The lowest BCUT2D eigenvalue weighted by atomic mass is 10.0. The third-order valence-electron chi connectivity index (χ3n) is 4.39. The predicted octanol–water partition coefficient (Wildman–Crippen LogP) is 1.99. The summed E-state index contributed by atoms with van der Waals surface area (Å²) in [4.78, 5) is 38.2. The Morgan fingerprint density at radius 1 is 1.29 bits per heavy atom. The fraction of sp³-hybridized carbons (Fsp3) is 0.471. The second-order valence-electron chi connectivity index (χ2n) is 6.03. The largest absolute Gasteiger partial charge is 0.481 e. The van der Waals surface area contributed by atoms with Crippen molar-refractivity contribution in [3.8, 4) is 0 Å². The topological polar surface area (TPSA) is 86.7 Å². The van der Waals surface area contributed by atoms with E-state index in [1.807, 2.05) is 30.5 Å². The van der Waals surface area contributed by atoms with Crippen LogP contribution in [0.4, 0.5) is 5.69 Å². The summed E-state index contributed by atoms with van der Waals surface area (Å²) in [5.74, 6) is -2.46. The summed E-state index contributed by atoms with van der Waals surface area (Å²) in [5, 5.41) is 11.7. The second kappa shape index (κ2) is 7.70. The monoisotopic (exact) mass is 350 g/mol. The Labute approximate surface area is 145 Å². The van der Waals surface area contributed by atoms with Crippen molar-refractivity contribution in [2.45, 2.75) is 31.2 Å². The molecule has 0 aliphatic carbocycles. The van der Waals surface area contributed by atoms with Crippen molar-refractivity contribution in [3.63, 3.8) is 0 Å². The number of hydrogen-bond donors (Lipinski definition) is 2. The molecule has 2 N–H and O–H groups in total. The zero-order valence-corrected chi connectivity index (χ0v) is 14.8. The van der Waals surface area contributed by atoms with E-state index in [4.69, 9.17) is 5.11 Å². The molecule has 1 aliphatic rings. The first-order chi connectivity index (χ1) is 11.3. The van der Waals surface area contributed by atoms with E-state index in [9.17, 15) is 14.4 Å². The summed E-state index contributed by atoms with van der Waals surface area (Å²) in [7, 11) is 0.